The molecule has 5 heteroatoms. The molecule has 0 aliphatic carbocycles. The van der Waals surface area contributed by atoms with E-state index in [9.17, 15) is 4.79 Å². The van der Waals surface area contributed by atoms with Gasteiger partial charge in [-0.1, -0.05) is 35.9 Å². The molecule has 0 saturated carbocycles. The summed E-state index contributed by atoms with van der Waals surface area (Å²) in [5.74, 6) is 1.06. The topological polar surface area (TPSA) is 45.7 Å². The van der Waals surface area contributed by atoms with E-state index in [2.05, 4.69) is 22.0 Å². The van der Waals surface area contributed by atoms with Gasteiger partial charge in [-0.05, 0) is 61.7 Å². The van der Waals surface area contributed by atoms with Crippen LogP contribution in [0.25, 0.3) is 0 Å². The lowest BCUT2D eigenvalue weighted by Crippen LogP contribution is -2.61. The largest absolute Gasteiger partial charge is 0.487 e. The fourth-order valence-electron chi connectivity index (χ4n) is 4.98. The van der Waals surface area contributed by atoms with Gasteiger partial charge in [0.1, 0.15) is 11.9 Å². The van der Waals surface area contributed by atoms with Gasteiger partial charge in [-0.15, -0.1) is 0 Å². The summed E-state index contributed by atoms with van der Waals surface area (Å²) in [5, 5.41) is 0. The van der Waals surface area contributed by atoms with E-state index in [1.54, 1.807) is 0 Å². The maximum absolute atomic E-state index is 12.9. The maximum Gasteiger partial charge on any atom is 0.253 e. The monoisotopic (exact) mass is 427 g/mol. The van der Waals surface area contributed by atoms with Crippen molar-refractivity contribution in [2.45, 2.75) is 38.0 Å². The molecule has 2 fully saturated rings. The third kappa shape index (κ3) is 4.26. The van der Waals surface area contributed by atoms with Crippen LogP contribution in [0.4, 0.5) is 0 Å². The standard InChI is InChI=1S/C27H29N3O2/c1-20-6-5-7-22(18-20)27(31)29-16-12-23(13-17-29)30-19-25(32-24-8-3-2-4-9-24)26(30)21-10-14-28-15-11-21/h2-11,14-15,18,23,25-26H,12-13,16-17,19H2,1H3/t25-,26-/m0/s1. The molecule has 1 aromatic heterocycles. The number of amides is 1. The van der Waals surface area contributed by atoms with Crippen molar-refractivity contribution in [1.82, 2.24) is 14.8 Å². The Morgan fingerprint density at radius 2 is 1.72 bits per heavy atom. The Kier molecular flexibility index (Phi) is 5.91. The first-order valence-corrected chi connectivity index (χ1v) is 11.4. The van der Waals surface area contributed by atoms with Gasteiger partial charge in [0.2, 0.25) is 0 Å². The first-order valence-electron chi connectivity index (χ1n) is 11.4. The molecule has 5 rings (SSSR count). The molecule has 2 aromatic carbocycles. The Hall–Kier alpha value is -3.18. The number of ether oxygens (including phenoxy) is 1. The van der Waals surface area contributed by atoms with Crippen LogP contribution in [0.15, 0.2) is 79.1 Å². The number of piperidine rings is 1. The van der Waals surface area contributed by atoms with Crippen molar-refractivity contribution in [3.63, 3.8) is 0 Å². The number of aryl methyl sites for hydroxylation is 1. The Morgan fingerprint density at radius 3 is 2.44 bits per heavy atom. The van der Waals surface area contributed by atoms with Gasteiger partial charge >= 0.3 is 0 Å². The zero-order valence-electron chi connectivity index (χ0n) is 18.4. The van der Waals surface area contributed by atoms with E-state index >= 15 is 0 Å². The van der Waals surface area contributed by atoms with Gasteiger partial charge in [0.15, 0.2) is 0 Å². The van der Waals surface area contributed by atoms with Crippen LogP contribution in [0.2, 0.25) is 0 Å². The Balaban J connectivity index is 1.26. The molecule has 0 radical (unpaired) electrons. The Bertz CT molecular complexity index is 1050. The molecule has 2 atom stereocenters. The molecule has 0 N–H and O–H groups in total. The lowest BCUT2D eigenvalue weighted by atomic mass is 9.87. The van der Waals surface area contributed by atoms with Crippen LogP contribution in [-0.4, -0.2) is 52.5 Å². The highest BCUT2D eigenvalue weighted by Gasteiger charge is 2.46. The van der Waals surface area contributed by atoms with Crippen LogP contribution >= 0.6 is 0 Å². The second-order valence-electron chi connectivity index (χ2n) is 8.78. The summed E-state index contributed by atoms with van der Waals surface area (Å²) in [6.45, 7) is 4.51. The summed E-state index contributed by atoms with van der Waals surface area (Å²) in [7, 11) is 0. The van der Waals surface area contributed by atoms with E-state index in [1.165, 1.54) is 5.56 Å². The number of rotatable bonds is 5. The number of aromatic nitrogens is 1. The summed E-state index contributed by atoms with van der Waals surface area (Å²) in [5.41, 5.74) is 3.15. The van der Waals surface area contributed by atoms with Crippen molar-refractivity contribution < 1.29 is 9.53 Å². The van der Waals surface area contributed by atoms with Crippen LogP contribution in [0.3, 0.4) is 0 Å². The maximum atomic E-state index is 12.9. The quantitative estimate of drug-likeness (QED) is 0.602. The van der Waals surface area contributed by atoms with E-state index in [-0.39, 0.29) is 18.1 Å². The van der Waals surface area contributed by atoms with Crippen LogP contribution in [0.5, 0.6) is 5.75 Å². The molecule has 1 amide bonds. The van der Waals surface area contributed by atoms with Crippen molar-refractivity contribution in [3.05, 3.63) is 95.8 Å². The molecule has 0 bridgehead atoms. The van der Waals surface area contributed by atoms with Gasteiger partial charge in [0.05, 0.1) is 6.04 Å². The zero-order valence-corrected chi connectivity index (χ0v) is 18.4. The first kappa shape index (κ1) is 20.7. The van der Waals surface area contributed by atoms with Gasteiger partial charge in [0, 0.05) is 43.6 Å². The summed E-state index contributed by atoms with van der Waals surface area (Å²) >= 11 is 0. The highest BCUT2D eigenvalue weighted by Crippen LogP contribution is 2.40. The normalized spacial score (nSPS) is 21.7. The van der Waals surface area contributed by atoms with Gasteiger partial charge < -0.3 is 9.64 Å². The number of carbonyl (C=O) groups is 1. The van der Waals surface area contributed by atoms with Crippen molar-refractivity contribution >= 4 is 5.91 Å². The van der Waals surface area contributed by atoms with Gasteiger partial charge in [-0.25, -0.2) is 0 Å². The number of hydrogen-bond donors (Lipinski definition) is 0. The number of pyridine rings is 1. The molecule has 3 heterocycles. The molecule has 2 aliphatic heterocycles. The molecular formula is C27H29N3O2. The van der Waals surface area contributed by atoms with Crippen molar-refractivity contribution in [1.29, 1.82) is 0 Å². The first-order chi connectivity index (χ1) is 15.7. The second kappa shape index (κ2) is 9.13. The lowest BCUT2D eigenvalue weighted by Gasteiger charge is -2.53. The third-order valence-corrected chi connectivity index (χ3v) is 6.66. The van der Waals surface area contributed by atoms with Crippen molar-refractivity contribution in [2.75, 3.05) is 19.6 Å². The van der Waals surface area contributed by atoms with E-state index in [4.69, 9.17) is 4.74 Å². The number of likely N-dealkylation sites (tertiary alicyclic amines) is 2. The SMILES string of the molecule is Cc1cccc(C(=O)N2CCC(N3C[C@H](Oc4ccccc4)[C@@H]3c3ccncc3)CC2)c1. The van der Waals surface area contributed by atoms with Gasteiger partial charge in [-0.2, -0.15) is 0 Å². The lowest BCUT2D eigenvalue weighted by molar-refractivity contribution is -0.0842. The Morgan fingerprint density at radius 1 is 0.969 bits per heavy atom. The summed E-state index contributed by atoms with van der Waals surface area (Å²) in [6.07, 6.45) is 5.80. The van der Waals surface area contributed by atoms with E-state index in [1.807, 2.05) is 78.8 Å². The van der Waals surface area contributed by atoms with Crippen LogP contribution in [0.1, 0.15) is 40.4 Å². The van der Waals surface area contributed by atoms with Crippen LogP contribution < -0.4 is 4.74 Å². The average Bonchev–Trinajstić information content (AvgIpc) is 2.82. The van der Waals surface area contributed by atoms with Crippen molar-refractivity contribution in [2.24, 2.45) is 0 Å². The minimum atomic E-state index is 0.117. The predicted octanol–water partition coefficient (Wildman–Crippen LogP) is 4.50. The number of para-hydroxylation sites is 1. The Labute approximate surface area is 189 Å². The van der Waals surface area contributed by atoms with E-state index in [0.717, 1.165) is 49.4 Å². The predicted molar refractivity (Wildman–Crippen MR) is 125 cm³/mol. The molecule has 0 unspecified atom stereocenters. The molecule has 2 saturated heterocycles. The number of nitrogens with zero attached hydrogens (tertiary/aromatic N) is 3. The number of benzene rings is 2. The minimum absolute atomic E-state index is 0.117. The second-order valence-corrected chi connectivity index (χ2v) is 8.78. The fourth-order valence-corrected chi connectivity index (χ4v) is 4.98. The van der Waals surface area contributed by atoms with E-state index < -0.39 is 0 Å². The highest BCUT2D eigenvalue weighted by atomic mass is 16.5. The third-order valence-electron chi connectivity index (χ3n) is 6.66. The average molecular weight is 428 g/mol. The molecule has 2 aliphatic rings. The fraction of sp³-hybridized carbons (Fsp3) is 0.333. The molecule has 0 spiro atoms. The highest BCUT2D eigenvalue weighted by molar-refractivity contribution is 5.94. The molecule has 3 aromatic rings. The summed E-state index contributed by atoms with van der Waals surface area (Å²) in [6, 6.07) is 22.8. The number of carbonyl (C=O) groups excluding carboxylic acids is 1. The van der Waals surface area contributed by atoms with Crippen molar-refractivity contribution in [3.8, 4) is 5.75 Å². The molecule has 5 nitrogen and oxygen atoms in total. The molecule has 32 heavy (non-hydrogen) atoms. The van der Waals surface area contributed by atoms with Crippen LogP contribution in [0, 0.1) is 6.92 Å². The molecular weight excluding hydrogens is 398 g/mol. The van der Waals surface area contributed by atoms with Crippen LogP contribution in [-0.2, 0) is 0 Å². The van der Waals surface area contributed by atoms with Gasteiger partial charge in [-0.3, -0.25) is 14.7 Å². The minimum Gasteiger partial charge on any atom is -0.487 e. The number of hydrogen-bond acceptors (Lipinski definition) is 4. The summed E-state index contributed by atoms with van der Waals surface area (Å²) < 4.78 is 6.34. The van der Waals surface area contributed by atoms with Gasteiger partial charge in [0.25, 0.3) is 5.91 Å². The van der Waals surface area contributed by atoms with E-state index in [0.29, 0.717) is 6.04 Å². The smallest absolute Gasteiger partial charge is 0.253 e. The zero-order chi connectivity index (χ0) is 21.9. The summed E-state index contributed by atoms with van der Waals surface area (Å²) in [4.78, 5) is 21.7. The molecule has 164 valence electrons.